The van der Waals surface area contributed by atoms with Crippen LogP contribution in [0.3, 0.4) is 0 Å². The molecule has 4 rings (SSSR count). The number of nitrogens with one attached hydrogen (secondary N) is 2. The number of aromatic nitrogens is 2. The van der Waals surface area contributed by atoms with Crippen LogP contribution < -0.4 is 15.6 Å². The van der Waals surface area contributed by atoms with Crippen molar-refractivity contribution < 1.29 is 18.3 Å². The fourth-order valence-corrected chi connectivity index (χ4v) is 3.37. The van der Waals surface area contributed by atoms with Gasteiger partial charge in [0.15, 0.2) is 11.6 Å². The summed E-state index contributed by atoms with van der Waals surface area (Å²) in [6, 6.07) is 15.8. The van der Waals surface area contributed by atoms with E-state index in [9.17, 15) is 18.4 Å². The van der Waals surface area contributed by atoms with Gasteiger partial charge >= 0.3 is 0 Å². The van der Waals surface area contributed by atoms with Crippen LogP contribution in [0, 0.1) is 17.0 Å². The summed E-state index contributed by atoms with van der Waals surface area (Å²) in [5.74, 6) is -1.57. The van der Waals surface area contributed by atoms with Gasteiger partial charge in [0.25, 0.3) is 11.5 Å². The molecule has 0 radical (unpaired) electrons. The summed E-state index contributed by atoms with van der Waals surface area (Å²) in [6.07, 6.45) is 4.49. The molecule has 176 valence electrons. The van der Waals surface area contributed by atoms with Crippen molar-refractivity contribution >= 4 is 17.8 Å². The summed E-state index contributed by atoms with van der Waals surface area (Å²) < 4.78 is 34.8. The second-order valence-electron chi connectivity index (χ2n) is 7.54. The van der Waals surface area contributed by atoms with Crippen LogP contribution >= 0.6 is 0 Å². The van der Waals surface area contributed by atoms with Crippen LogP contribution in [0.5, 0.6) is 11.5 Å². The summed E-state index contributed by atoms with van der Waals surface area (Å²) in [5.41, 5.74) is 0.660. The van der Waals surface area contributed by atoms with Gasteiger partial charge in [0, 0.05) is 36.8 Å². The third-order valence-corrected chi connectivity index (χ3v) is 5.08. The molecular formula is C26H20F2N4O3. The van der Waals surface area contributed by atoms with E-state index in [2.05, 4.69) is 10.3 Å². The maximum Gasteiger partial charge on any atom is 0.263 e. The molecule has 0 aliphatic carbocycles. The molecule has 2 aromatic heterocycles. The molecule has 0 saturated heterocycles. The van der Waals surface area contributed by atoms with Crippen LogP contribution in [-0.4, -0.2) is 21.7 Å². The van der Waals surface area contributed by atoms with Gasteiger partial charge in [0.05, 0.1) is 12.2 Å². The van der Waals surface area contributed by atoms with Crippen molar-refractivity contribution in [2.24, 2.45) is 0 Å². The van der Waals surface area contributed by atoms with E-state index < -0.39 is 17.3 Å². The van der Waals surface area contributed by atoms with Gasteiger partial charge in [-0.3, -0.25) is 14.6 Å². The average Bonchev–Trinajstić information content (AvgIpc) is 2.85. The lowest BCUT2D eigenvalue weighted by Gasteiger charge is -2.12. The number of carbonyl (C=O) groups is 1. The van der Waals surface area contributed by atoms with E-state index in [1.54, 1.807) is 36.5 Å². The highest BCUT2D eigenvalue weighted by Crippen LogP contribution is 2.28. The molecule has 1 amide bonds. The zero-order valence-electron chi connectivity index (χ0n) is 18.4. The first-order valence-corrected chi connectivity index (χ1v) is 10.6. The summed E-state index contributed by atoms with van der Waals surface area (Å²) in [7, 11) is 0. The number of amides is 1. The molecule has 4 aromatic rings. The molecule has 0 bridgehead atoms. The molecule has 0 saturated carbocycles. The maximum absolute atomic E-state index is 14.7. The molecule has 2 aromatic carbocycles. The molecule has 0 unspecified atom stereocenters. The Labute approximate surface area is 199 Å². The second-order valence-corrected chi connectivity index (χ2v) is 7.54. The fourth-order valence-electron chi connectivity index (χ4n) is 3.37. The van der Waals surface area contributed by atoms with Crippen molar-refractivity contribution in [3.8, 4) is 11.5 Å². The Hall–Kier alpha value is -4.66. The van der Waals surface area contributed by atoms with Gasteiger partial charge in [-0.2, -0.15) is 0 Å². The van der Waals surface area contributed by atoms with Crippen molar-refractivity contribution in [2.45, 2.75) is 13.0 Å². The van der Waals surface area contributed by atoms with Crippen molar-refractivity contribution in [1.82, 2.24) is 9.55 Å². The number of ether oxygens (including phenoxy) is 1. The Morgan fingerprint density at radius 1 is 1.06 bits per heavy atom. The number of nitrogens with zero attached hydrogens (tertiary/aromatic N) is 2. The third-order valence-electron chi connectivity index (χ3n) is 5.08. The molecule has 0 fully saturated rings. The number of hydrogen-bond acceptors (Lipinski definition) is 5. The molecule has 35 heavy (non-hydrogen) atoms. The molecule has 0 aliphatic rings. The van der Waals surface area contributed by atoms with Crippen LogP contribution in [0.2, 0.25) is 0 Å². The number of hydrogen-bond donors (Lipinski definition) is 2. The normalized spacial score (nSPS) is 10.6. The molecule has 0 aliphatic heterocycles. The van der Waals surface area contributed by atoms with Crippen LogP contribution in [0.4, 0.5) is 14.5 Å². The van der Waals surface area contributed by atoms with E-state index in [1.165, 1.54) is 47.3 Å². The number of rotatable bonds is 8. The minimum Gasteiger partial charge on any atom is -0.452 e. The van der Waals surface area contributed by atoms with Gasteiger partial charge in [-0.15, -0.1) is 0 Å². The van der Waals surface area contributed by atoms with E-state index in [0.717, 1.165) is 6.07 Å². The molecule has 9 heteroatoms. The van der Waals surface area contributed by atoms with Gasteiger partial charge in [0.1, 0.15) is 17.1 Å². The Balaban J connectivity index is 1.49. The summed E-state index contributed by atoms with van der Waals surface area (Å²) in [5, 5.41) is 9.76. The lowest BCUT2D eigenvalue weighted by Crippen LogP contribution is -2.29. The number of pyridine rings is 2. The first kappa shape index (κ1) is 23.5. The monoisotopic (exact) mass is 474 g/mol. The topological polar surface area (TPSA) is 97.1 Å². The Kier molecular flexibility index (Phi) is 7.06. The van der Waals surface area contributed by atoms with Crippen molar-refractivity contribution in [1.29, 1.82) is 5.41 Å². The molecular weight excluding hydrogens is 454 g/mol. The van der Waals surface area contributed by atoms with Gasteiger partial charge in [0.2, 0.25) is 0 Å². The van der Waals surface area contributed by atoms with Crippen LogP contribution in [0.25, 0.3) is 0 Å². The minimum atomic E-state index is -0.728. The van der Waals surface area contributed by atoms with Crippen molar-refractivity contribution in [3.05, 3.63) is 118 Å². The van der Waals surface area contributed by atoms with Gasteiger partial charge in [-0.1, -0.05) is 12.1 Å². The Morgan fingerprint density at radius 2 is 1.86 bits per heavy atom. The third kappa shape index (κ3) is 5.64. The first-order chi connectivity index (χ1) is 16.9. The van der Waals surface area contributed by atoms with Crippen LogP contribution in [0.1, 0.15) is 21.6 Å². The Morgan fingerprint density at radius 3 is 2.60 bits per heavy atom. The largest absolute Gasteiger partial charge is 0.452 e. The number of anilines is 1. The predicted octanol–water partition coefficient (Wildman–Crippen LogP) is 4.81. The number of benzene rings is 2. The van der Waals surface area contributed by atoms with Crippen LogP contribution in [-0.2, 0) is 13.0 Å². The van der Waals surface area contributed by atoms with Gasteiger partial charge in [-0.05, 0) is 54.1 Å². The second kappa shape index (κ2) is 10.5. The fraction of sp³-hybridized carbons (Fsp3) is 0.0769. The van der Waals surface area contributed by atoms with Gasteiger partial charge in [-0.25, -0.2) is 8.78 Å². The zero-order chi connectivity index (χ0) is 24.8. The lowest BCUT2D eigenvalue weighted by atomic mass is 10.2. The first-order valence-electron chi connectivity index (χ1n) is 10.6. The van der Waals surface area contributed by atoms with E-state index in [0.29, 0.717) is 17.0 Å². The van der Waals surface area contributed by atoms with E-state index >= 15 is 0 Å². The quantitative estimate of drug-likeness (QED) is 0.358. The minimum absolute atomic E-state index is 0.0800. The average molecular weight is 474 g/mol. The molecule has 0 spiro atoms. The van der Waals surface area contributed by atoms with E-state index in [4.69, 9.17) is 10.1 Å². The SMILES string of the molecule is N=CCc1ncccc1Oc1ccc(NC(=O)c2cccn(Cc3ccc(F)cc3)c2=O)cc1F. The van der Waals surface area contributed by atoms with Crippen LogP contribution in [0.15, 0.2) is 83.9 Å². The predicted molar refractivity (Wildman–Crippen MR) is 127 cm³/mol. The molecule has 7 nitrogen and oxygen atoms in total. The highest BCUT2D eigenvalue weighted by atomic mass is 19.1. The summed E-state index contributed by atoms with van der Waals surface area (Å²) in [4.78, 5) is 29.7. The van der Waals surface area contributed by atoms with Gasteiger partial charge < -0.3 is 20.0 Å². The number of halogens is 2. The Bertz CT molecular complexity index is 1440. The van der Waals surface area contributed by atoms with Crippen molar-refractivity contribution in [3.63, 3.8) is 0 Å². The zero-order valence-corrected chi connectivity index (χ0v) is 18.4. The van der Waals surface area contributed by atoms with Crippen molar-refractivity contribution in [2.75, 3.05) is 5.32 Å². The highest BCUT2D eigenvalue weighted by Gasteiger charge is 2.15. The molecule has 2 heterocycles. The van der Waals surface area contributed by atoms with E-state index in [-0.39, 0.29) is 35.8 Å². The number of carbonyl (C=O) groups excluding carboxylic acids is 1. The maximum atomic E-state index is 14.7. The standard InChI is InChI=1S/C26H20F2N4O3/c27-18-7-5-17(6-8-18)16-32-14-2-3-20(26(32)34)25(33)31-19-9-10-23(21(28)15-19)35-24-4-1-13-30-22(24)11-12-29/h1-10,12-15,29H,11,16H2,(H,31,33). The highest BCUT2D eigenvalue weighted by molar-refractivity contribution is 6.04. The summed E-state index contributed by atoms with van der Waals surface area (Å²) >= 11 is 0. The smallest absolute Gasteiger partial charge is 0.263 e. The lowest BCUT2D eigenvalue weighted by molar-refractivity contribution is 0.102. The molecule has 2 N–H and O–H groups in total. The molecule has 0 atom stereocenters. The summed E-state index contributed by atoms with van der Waals surface area (Å²) in [6.45, 7) is 0.162. The van der Waals surface area contributed by atoms with E-state index in [1.807, 2.05) is 0 Å².